The molecule has 6 nitrogen and oxygen atoms in total. The first kappa shape index (κ1) is 15.2. The van der Waals surface area contributed by atoms with Crippen molar-refractivity contribution in [2.24, 2.45) is 0 Å². The van der Waals surface area contributed by atoms with Crippen LogP contribution in [0, 0.1) is 6.92 Å². The molecule has 0 saturated heterocycles. The molecule has 1 aromatic heterocycles. The SMILES string of the molecule is CCOc1ccc(N)c(SCC(=O)n2oc(C)cc2=O)c1. The summed E-state index contributed by atoms with van der Waals surface area (Å²) < 4.78 is 11.2. The number of ether oxygens (including phenoxy) is 1. The monoisotopic (exact) mass is 308 g/mol. The third-order valence-corrected chi connectivity index (χ3v) is 3.69. The Bertz CT molecular complexity index is 705. The lowest BCUT2D eigenvalue weighted by Gasteiger charge is -2.08. The van der Waals surface area contributed by atoms with Gasteiger partial charge in [0.15, 0.2) is 0 Å². The van der Waals surface area contributed by atoms with Crippen LogP contribution in [0.25, 0.3) is 0 Å². The molecule has 2 N–H and O–H groups in total. The van der Waals surface area contributed by atoms with Crippen LogP contribution in [0.2, 0.25) is 0 Å². The third-order valence-electron chi connectivity index (χ3n) is 2.64. The number of aryl methyl sites for hydroxylation is 1. The molecule has 1 heterocycles. The Morgan fingerprint density at radius 2 is 2.19 bits per heavy atom. The zero-order valence-corrected chi connectivity index (χ0v) is 12.6. The summed E-state index contributed by atoms with van der Waals surface area (Å²) in [5, 5.41) is 0. The molecular weight excluding hydrogens is 292 g/mol. The number of nitrogens with zero attached hydrogens (tertiary/aromatic N) is 1. The summed E-state index contributed by atoms with van der Waals surface area (Å²) in [4.78, 5) is 24.2. The number of aromatic nitrogens is 1. The van der Waals surface area contributed by atoms with Crippen LogP contribution < -0.4 is 16.0 Å². The Balaban J connectivity index is 2.09. The third kappa shape index (κ3) is 3.69. The lowest BCUT2D eigenvalue weighted by atomic mass is 10.3. The van der Waals surface area contributed by atoms with Gasteiger partial charge in [-0.2, -0.15) is 0 Å². The molecule has 0 aliphatic carbocycles. The van der Waals surface area contributed by atoms with Crippen molar-refractivity contribution in [3.05, 3.63) is 40.4 Å². The summed E-state index contributed by atoms with van der Waals surface area (Å²) >= 11 is 1.23. The van der Waals surface area contributed by atoms with Gasteiger partial charge in [0.05, 0.1) is 12.4 Å². The topological polar surface area (TPSA) is 87.5 Å². The van der Waals surface area contributed by atoms with Crippen molar-refractivity contribution in [3.8, 4) is 5.75 Å². The highest BCUT2D eigenvalue weighted by Crippen LogP contribution is 2.29. The Kier molecular flexibility index (Phi) is 4.74. The lowest BCUT2D eigenvalue weighted by Crippen LogP contribution is -2.23. The average Bonchev–Trinajstić information content (AvgIpc) is 2.78. The molecule has 0 aliphatic rings. The van der Waals surface area contributed by atoms with E-state index >= 15 is 0 Å². The number of nitrogens with two attached hydrogens (primary N) is 1. The van der Waals surface area contributed by atoms with E-state index in [1.54, 1.807) is 25.1 Å². The van der Waals surface area contributed by atoms with Gasteiger partial charge in [0, 0.05) is 16.6 Å². The van der Waals surface area contributed by atoms with Gasteiger partial charge in [-0.1, -0.05) is 0 Å². The zero-order chi connectivity index (χ0) is 15.4. The smallest absolute Gasteiger partial charge is 0.290 e. The number of hydrogen-bond donors (Lipinski definition) is 1. The molecule has 0 bridgehead atoms. The van der Waals surface area contributed by atoms with E-state index in [9.17, 15) is 9.59 Å². The van der Waals surface area contributed by atoms with Crippen molar-refractivity contribution < 1.29 is 14.1 Å². The molecule has 7 heteroatoms. The maximum absolute atomic E-state index is 12.0. The Morgan fingerprint density at radius 3 is 2.81 bits per heavy atom. The van der Waals surface area contributed by atoms with E-state index in [2.05, 4.69) is 0 Å². The van der Waals surface area contributed by atoms with Crippen LogP contribution in [0.15, 0.2) is 38.5 Å². The number of hydrogen-bond acceptors (Lipinski definition) is 6. The maximum Gasteiger partial charge on any atom is 0.290 e. The molecule has 0 atom stereocenters. The number of thioether (sulfide) groups is 1. The minimum absolute atomic E-state index is 0.0483. The molecule has 0 spiro atoms. The second kappa shape index (κ2) is 6.53. The number of rotatable bonds is 5. The van der Waals surface area contributed by atoms with Crippen LogP contribution in [-0.2, 0) is 0 Å². The van der Waals surface area contributed by atoms with Gasteiger partial charge in [-0.15, -0.1) is 16.5 Å². The minimum atomic E-state index is -0.464. The minimum Gasteiger partial charge on any atom is -0.494 e. The first-order chi connectivity index (χ1) is 10.0. The molecule has 21 heavy (non-hydrogen) atoms. The Hall–Kier alpha value is -2.15. The Morgan fingerprint density at radius 1 is 1.43 bits per heavy atom. The van der Waals surface area contributed by atoms with E-state index in [4.69, 9.17) is 15.0 Å². The number of carbonyl (C=O) groups is 1. The van der Waals surface area contributed by atoms with E-state index < -0.39 is 11.5 Å². The fourth-order valence-electron chi connectivity index (χ4n) is 1.72. The van der Waals surface area contributed by atoms with Crippen LogP contribution in [0.1, 0.15) is 17.5 Å². The van der Waals surface area contributed by atoms with Gasteiger partial charge in [0.25, 0.3) is 11.5 Å². The number of carbonyl (C=O) groups excluding carboxylic acids is 1. The predicted molar refractivity (Wildman–Crippen MR) is 81.1 cm³/mol. The molecular formula is C14H16N2O4S. The number of anilines is 1. The molecule has 112 valence electrons. The highest BCUT2D eigenvalue weighted by molar-refractivity contribution is 8.00. The first-order valence-corrected chi connectivity index (χ1v) is 7.38. The van der Waals surface area contributed by atoms with E-state index in [1.807, 2.05) is 6.92 Å². The van der Waals surface area contributed by atoms with Gasteiger partial charge in [-0.3, -0.25) is 9.59 Å². The highest BCUT2D eigenvalue weighted by Gasteiger charge is 2.13. The van der Waals surface area contributed by atoms with Crippen molar-refractivity contribution in [1.82, 2.24) is 4.74 Å². The summed E-state index contributed by atoms with van der Waals surface area (Å²) in [5.74, 6) is 0.704. The van der Waals surface area contributed by atoms with Crippen LogP contribution in [0.5, 0.6) is 5.75 Å². The Labute approximate surface area is 125 Å². The van der Waals surface area contributed by atoms with Gasteiger partial charge in [-0.25, -0.2) is 0 Å². The lowest BCUT2D eigenvalue weighted by molar-refractivity contribution is 0.0813. The zero-order valence-electron chi connectivity index (χ0n) is 11.8. The van der Waals surface area contributed by atoms with Gasteiger partial charge >= 0.3 is 0 Å². The normalized spacial score (nSPS) is 10.6. The summed E-state index contributed by atoms with van der Waals surface area (Å²) in [6, 6.07) is 6.53. The van der Waals surface area contributed by atoms with Gasteiger partial charge in [0.2, 0.25) is 0 Å². The first-order valence-electron chi connectivity index (χ1n) is 6.39. The fraction of sp³-hybridized carbons (Fsp3) is 0.286. The molecule has 1 aromatic carbocycles. The van der Waals surface area contributed by atoms with Crippen molar-refractivity contribution in [1.29, 1.82) is 0 Å². The summed E-state index contributed by atoms with van der Waals surface area (Å²) in [6.45, 7) is 4.05. The van der Waals surface area contributed by atoms with Crippen molar-refractivity contribution in [2.75, 3.05) is 18.1 Å². The largest absolute Gasteiger partial charge is 0.494 e. The molecule has 2 aromatic rings. The highest BCUT2D eigenvalue weighted by atomic mass is 32.2. The van der Waals surface area contributed by atoms with Gasteiger partial charge in [-0.05, 0) is 32.0 Å². The second-order valence-electron chi connectivity index (χ2n) is 4.29. The number of nitrogen functional groups attached to an aromatic ring is 1. The van der Waals surface area contributed by atoms with Crippen molar-refractivity contribution in [3.63, 3.8) is 0 Å². The summed E-state index contributed by atoms with van der Waals surface area (Å²) in [7, 11) is 0. The van der Waals surface area contributed by atoms with Gasteiger partial charge < -0.3 is 15.0 Å². The fourth-order valence-corrected chi connectivity index (χ4v) is 2.55. The molecule has 0 aliphatic heterocycles. The molecule has 2 rings (SSSR count). The van der Waals surface area contributed by atoms with Crippen molar-refractivity contribution in [2.45, 2.75) is 18.7 Å². The van der Waals surface area contributed by atoms with Crippen LogP contribution in [-0.4, -0.2) is 23.0 Å². The second-order valence-corrected chi connectivity index (χ2v) is 5.31. The quantitative estimate of drug-likeness (QED) is 0.673. The molecule has 0 fully saturated rings. The van der Waals surface area contributed by atoms with E-state index in [0.29, 0.717) is 23.8 Å². The van der Waals surface area contributed by atoms with Crippen LogP contribution in [0.3, 0.4) is 0 Å². The van der Waals surface area contributed by atoms with Gasteiger partial charge in [0.1, 0.15) is 11.5 Å². The molecule has 0 unspecified atom stereocenters. The molecule has 0 amide bonds. The van der Waals surface area contributed by atoms with Crippen LogP contribution in [0.4, 0.5) is 5.69 Å². The summed E-state index contributed by atoms with van der Waals surface area (Å²) in [5.41, 5.74) is 5.96. The average molecular weight is 308 g/mol. The predicted octanol–water partition coefficient (Wildman–Crippen LogP) is 2.16. The van der Waals surface area contributed by atoms with E-state index in [-0.39, 0.29) is 5.75 Å². The molecule has 0 radical (unpaired) electrons. The maximum atomic E-state index is 12.0. The van der Waals surface area contributed by atoms with Crippen LogP contribution >= 0.6 is 11.8 Å². The van der Waals surface area contributed by atoms with E-state index in [1.165, 1.54) is 17.8 Å². The van der Waals surface area contributed by atoms with E-state index in [0.717, 1.165) is 9.64 Å². The standard InChI is InChI=1S/C14H16N2O4S/c1-3-19-10-4-5-11(15)12(7-10)21-8-14(18)16-13(17)6-9(2)20-16/h4-7H,3,8,15H2,1-2H3. The molecule has 0 saturated carbocycles. The van der Waals surface area contributed by atoms with Crippen molar-refractivity contribution >= 4 is 23.4 Å². The summed E-state index contributed by atoms with van der Waals surface area (Å²) in [6.07, 6.45) is 0. The number of benzene rings is 1.